The highest BCUT2D eigenvalue weighted by molar-refractivity contribution is 7.89. The second-order valence-corrected chi connectivity index (χ2v) is 8.42. The molecule has 2 heterocycles. The number of sulfonamides is 1. The van der Waals surface area contributed by atoms with Gasteiger partial charge in [-0.2, -0.15) is 4.31 Å². The van der Waals surface area contributed by atoms with E-state index in [1.807, 2.05) is 18.2 Å². The average molecular weight is 391 g/mol. The van der Waals surface area contributed by atoms with Gasteiger partial charge in [-0.3, -0.25) is 0 Å². The zero-order chi connectivity index (χ0) is 19.0. The van der Waals surface area contributed by atoms with Crippen molar-refractivity contribution in [1.29, 1.82) is 0 Å². The first-order chi connectivity index (χ1) is 13.0. The number of rotatable bonds is 5. The lowest BCUT2D eigenvalue weighted by atomic mass is 9.98. The van der Waals surface area contributed by atoms with Crippen molar-refractivity contribution in [2.75, 3.05) is 34.1 Å². The van der Waals surface area contributed by atoms with E-state index in [-0.39, 0.29) is 17.6 Å². The third-order valence-electron chi connectivity index (χ3n) is 5.01. The standard InChI is InChI=1S/C19H21NO6S/c1-23-16-6-4-15(10-18(16)24-2)27(21,22)20-8-7-14(11-20)13-3-5-17-19(9-13)26-12-25-17/h3-6,9-10,14H,7-8,11-12H2,1-2H3. The highest BCUT2D eigenvalue weighted by Gasteiger charge is 2.34. The summed E-state index contributed by atoms with van der Waals surface area (Å²) in [4.78, 5) is 0.200. The van der Waals surface area contributed by atoms with Crippen LogP contribution in [0.3, 0.4) is 0 Å². The fraction of sp³-hybridized carbons (Fsp3) is 0.368. The largest absolute Gasteiger partial charge is 0.493 e. The molecule has 4 rings (SSSR count). The maximum absolute atomic E-state index is 13.1. The Hall–Kier alpha value is -2.45. The van der Waals surface area contributed by atoms with Crippen LogP contribution in [0.5, 0.6) is 23.0 Å². The van der Waals surface area contributed by atoms with Crippen molar-refractivity contribution in [3.05, 3.63) is 42.0 Å². The molecule has 2 aromatic rings. The summed E-state index contributed by atoms with van der Waals surface area (Å²) in [6.45, 7) is 1.12. The van der Waals surface area contributed by atoms with E-state index in [0.29, 0.717) is 30.3 Å². The topological polar surface area (TPSA) is 74.3 Å². The van der Waals surface area contributed by atoms with E-state index in [2.05, 4.69) is 0 Å². The summed E-state index contributed by atoms with van der Waals surface area (Å²) in [5.41, 5.74) is 1.06. The van der Waals surface area contributed by atoms with E-state index < -0.39 is 10.0 Å². The molecule has 1 atom stereocenters. The van der Waals surface area contributed by atoms with Crippen LogP contribution < -0.4 is 18.9 Å². The molecule has 0 amide bonds. The van der Waals surface area contributed by atoms with Gasteiger partial charge >= 0.3 is 0 Å². The summed E-state index contributed by atoms with van der Waals surface area (Å²) < 4.78 is 48.8. The Labute approximate surface area is 158 Å². The first-order valence-electron chi connectivity index (χ1n) is 8.64. The number of benzene rings is 2. The number of nitrogens with zero attached hydrogens (tertiary/aromatic N) is 1. The van der Waals surface area contributed by atoms with E-state index in [9.17, 15) is 8.42 Å². The molecular weight excluding hydrogens is 370 g/mol. The molecule has 0 radical (unpaired) electrons. The van der Waals surface area contributed by atoms with Crippen molar-refractivity contribution >= 4 is 10.0 Å². The summed E-state index contributed by atoms with van der Waals surface area (Å²) in [5, 5.41) is 0. The first-order valence-corrected chi connectivity index (χ1v) is 10.1. The minimum atomic E-state index is -3.61. The van der Waals surface area contributed by atoms with Gasteiger partial charge in [0.05, 0.1) is 19.1 Å². The first kappa shape index (κ1) is 17.9. The van der Waals surface area contributed by atoms with E-state index in [1.54, 1.807) is 12.1 Å². The fourth-order valence-corrected chi connectivity index (χ4v) is 5.03. The molecule has 0 N–H and O–H groups in total. The SMILES string of the molecule is COc1ccc(S(=O)(=O)N2CCC(c3ccc4c(c3)OCO4)C2)cc1OC. The molecule has 27 heavy (non-hydrogen) atoms. The highest BCUT2D eigenvalue weighted by Crippen LogP contribution is 2.38. The second-order valence-electron chi connectivity index (χ2n) is 6.48. The van der Waals surface area contributed by atoms with Crippen LogP contribution in [-0.2, 0) is 10.0 Å². The van der Waals surface area contributed by atoms with Gasteiger partial charge in [-0.25, -0.2) is 8.42 Å². The van der Waals surface area contributed by atoms with Crippen LogP contribution >= 0.6 is 0 Å². The summed E-state index contributed by atoms with van der Waals surface area (Å²) in [6.07, 6.45) is 0.756. The van der Waals surface area contributed by atoms with E-state index >= 15 is 0 Å². The van der Waals surface area contributed by atoms with Crippen molar-refractivity contribution in [1.82, 2.24) is 4.31 Å². The molecule has 1 fully saturated rings. The van der Waals surface area contributed by atoms with Crippen LogP contribution in [0.15, 0.2) is 41.3 Å². The molecule has 8 heteroatoms. The zero-order valence-electron chi connectivity index (χ0n) is 15.2. The van der Waals surface area contributed by atoms with Crippen LogP contribution in [0.4, 0.5) is 0 Å². The summed E-state index contributed by atoms with van der Waals surface area (Å²) in [7, 11) is -0.605. The summed E-state index contributed by atoms with van der Waals surface area (Å²) >= 11 is 0. The normalized spacial score (nSPS) is 19.3. The molecule has 7 nitrogen and oxygen atoms in total. The Kier molecular flexibility index (Phi) is 4.61. The minimum absolute atomic E-state index is 0.120. The molecule has 144 valence electrons. The molecule has 2 aliphatic rings. The number of methoxy groups -OCH3 is 2. The quantitative estimate of drug-likeness (QED) is 0.780. The van der Waals surface area contributed by atoms with Crippen molar-refractivity contribution in [3.63, 3.8) is 0 Å². The van der Waals surface area contributed by atoms with Crippen molar-refractivity contribution in [2.24, 2.45) is 0 Å². The van der Waals surface area contributed by atoms with Gasteiger partial charge in [0, 0.05) is 19.2 Å². The Balaban J connectivity index is 1.56. The van der Waals surface area contributed by atoms with Gasteiger partial charge in [0.15, 0.2) is 23.0 Å². The van der Waals surface area contributed by atoms with Gasteiger partial charge in [-0.05, 0) is 42.2 Å². The number of hydrogen-bond donors (Lipinski definition) is 0. The van der Waals surface area contributed by atoms with Gasteiger partial charge in [0.25, 0.3) is 0 Å². The fourth-order valence-electron chi connectivity index (χ4n) is 3.51. The predicted octanol–water partition coefficient (Wildman–Crippen LogP) is 2.61. The molecule has 0 aromatic heterocycles. The molecule has 2 aromatic carbocycles. The van der Waals surface area contributed by atoms with E-state index in [1.165, 1.54) is 24.6 Å². The highest BCUT2D eigenvalue weighted by atomic mass is 32.2. The van der Waals surface area contributed by atoms with Gasteiger partial charge in [-0.1, -0.05) is 6.07 Å². The van der Waals surface area contributed by atoms with Gasteiger partial charge in [0.1, 0.15) is 0 Å². The van der Waals surface area contributed by atoms with E-state index in [0.717, 1.165) is 17.7 Å². The molecule has 0 saturated carbocycles. The molecule has 0 bridgehead atoms. The van der Waals surface area contributed by atoms with Crippen LogP contribution in [0.1, 0.15) is 17.9 Å². The van der Waals surface area contributed by atoms with Crippen molar-refractivity contribution < 1.29 is 27.4 Å². The van der Waals surface area contributed by atoms with Gasteiger partial charge < -0.3 is 18.9 Å². The maximum Gasteiger partial charge on any atom is 0.243 e. The Morgan fingerprint density at radius 1 is 1.00 bits per heavy atom. The van der Waals surface area contributed by atoms with Crippen LogP contribution in [0, 0.1) is 0 Å². The maximum atomic E-state index is 13.1. The molecule has 0 spiro atoms. The molecular formula is C19H21NO6S. The van der Waals surface area contributed by atoms with Crippen LogP contribution in [0.25, 0.3) is 0 Å². The second kappa shape index (κ2) is 6.94. The summed E-state index contributed by atoms with van der Waals surface area (Å²) in [5.74, 6) is 2.45. The van der Waals surface area contributed by atoms with Crippen LogP contribution in [0.2, 0.25) is 0 Å². The molecule has 0 aliphatic carbocycles. The number of ether oxygens (including phenoxy) is 4. The average Bonchev–Trinajstić information content (AvgIpc) is 3.36. The third-order valence-corrected chi connectivity index (χ3v) is 6.87. The molecule has 2 aliphatic heterocycles. The lowest BCUT2D eigenvalue weighted by molar-refractivity contribution is 0.174. The smallest absolute Gasteiger partial charge is 0.243 e. The monoisotopic (exact) mass is 391 g/mol. The van der Waals surface area contributed by atoms with E-state index in [4.69, 9.17) is 18.9 Å². The lowest BCUT2D eigenvalue weighted by Crippen LogP contribution is -2.28. The Bertz CT molecular complexity index is 959. The molecule has 1 unspecified atom stereocenters. The van der Waals surface area contributed by atoms with Gasteiger partial charge in [0.2, 0.25) is 16.8 Å². The third kappa shape index (κ3) is 3.19. The van der Waals surface area contributed by atoms with Crippen molar-refractivity contribution in [3.8, 4) is 23.0 Å². The molecule has 1 saturated heterocycles. The number of hydrogen-bond acceptors (Lipinski definition) is 6. The predicted molar refractivity (Wildman–Crippen MR) is 98.2 cm³/mol. The lowest BCUT2D eigenvalue weighted by Gasteiger charge is -2.18. The van der Waals surface area contributed by atoms with Gasteiger partial charge in [-0.15, -0.1) is 0 Å². The minimum Gasteiger partial charge on any atom is -0.493 e. The summed E-state index contributed by atoms with van der Waals surface area (Å²) in [6, 6.07) is 10.5. The zero-order valence-corrected chi connectivity index (χ0v) is 16.0. The Morgan fingerprint density at radius 3 is 2.56 bits per heavy atom. The van der Waals surface area contributed by atoms with Crippen molar-refractivity contribution in [2.45, 2.75) is 17.2 Å². The Morgan fingerprint density at radius 2 is 1.78 bits per heavy atom. The van der Waals surface area contributed by atoms with Crippen LogP contribution in [-0.4, -0.2) is 46.8 Å². The number of fused-ring (bicyclic) bond motifs is 1.